The Balaban J connectivity index is 0.000000195. The number of anilines is 4. The number of nitrogens with one attached hydrogen (secondary N) is 5. The molecule has 1 aliphatic rings. The van der Waals surface area contributed by atoms with Gasteiger partial charge in [0.2, 0.25) is 10.0 Å². The van der Waals surface area contributed by atoms with E-state index in [1.807, 2.05) is 137 Å². The van der Waals surface area contributed by atoms with Gasteiger partial charge in [-0.05, 0) is 142 Å². The minimum Gasteiger partial charge on any atom is -0.455 e. The van der Waals surface area contributed by atoms with Crippen LogP contribution in [-0.4, -0.2) is 75.4 Å². The number of alkyl halides is 1. The number of aromatic nitrogens is 6. The number of aryl methyl sites for hydroxylation is 3. The fraction of sp³-hybridized carbons (Fsp3) is 0.204. The molecule has 1 atom stereocenters. The molecule has 1 fully saturated rings. The predicted octanol–water partition coefficient (Wildman–Crippen LogP) is 11.5. The Labute approximate surface area is 427 Å². The van der Waals surface area contributed by atoms with Gasteiger partial charge in [-0.2, -0.15) is 0 Å². The molecule has 1 unspecified atom stereocenters. The highest BCUT2D eigenvalue weighted by molar-refractivity contribution is 7.88. The molecule has 0 radical (unpaired) electrons. The minimum atomic E-state index is -3.28. The molecular formula is C54H53ClFN11O5S. The number of hydrogen-bond acceptors (Lipinski definition) is 13. The highest BCUT2D eigenvalue weighted by Crippen LogP contribution is 2.39. The van der Waals surface area contributed by atoms with Gasteiger partial charge < -0.3 is 30.7 Å². The molecule has 0 bridgehead atoms. The van der Waals surface area contributed by atoms with Gasteiger partial charge in [0, 0.05) is 46.1 Å². The molecule has 4 aromatic carbocycles. The summed E-state index contributed by atoms with van der Waals surface area (Å²) in [6, 6.07) is 29.8. The third-order valence-electron chi connectivity index (χ3n) is 11.3. The number of ether oxygens (including phenoxy) is 2. The molecule has 16 nitrogen and oxygen atoms in total. The van der Waals surface area contributed by atoms with Crippen LogP contribution in [-0.2, 0) is 10.0 Å². The maximum Gasteiger partial charge on any atom is 0.315 e. The van der Waals surface area contributed by atoms with Gasteiger partial charge in [0.05, 0.1) is 40.2 Å². The topological polar surface area (TPSA) is 207 Å². The van der Waals surface area contributed by atoms with Crippen LogP contribution < -0.4 is 35.5 Å². The third-order valence-corrected chi connectivity index (χ3v) is 12.3. The lowest BCUT2D eigenvalue weighted by Crippen LogP contribution is -2.40. The van der Waals surface area contributed by atoms with Crippen molar-refractivity contribution in [3.05, 3.63) is 167 Å². The van der Waals surface area contributed by atoms with Gasteiger partial charge in [-0.15, -0.1) is 0 Å². The van der Waals surface area contributed by atoms with Crippen molar-refractivity contribution in [2.75, 3.05) is 30.1 Å². The number of fused-ring (bicyclic) bond motifs is 2. The first-order valence-electron chi connectivity index (χ1n) is 23.2. The zero-order chi connectivity index (χ0) is 51.5. The van der Waals surface area contributed by atoms with E-state index < -0.39 is 28.3 Å². The highest BCUT2D eigenvalue weighted by atomic mass is 35.5. The van der Waals surface area contributed by atoms with E-state index in [0.717, 1.165) is 79.8 Å². The van der Waals surface area contributed by atoms with Crippen molar-refractivity contribution in [3.63, 3.8) is 0 Å². The number of hydrogen-bond donors (Lipinski definition) is 5. The molecule has 4 aromatic heterocycles. The Hall–Kier alpha value is -8.06. The molecule has 1 saturated carbocycles. The van der Waals surface area contributed by atoms with Crippen molar-refractivity contribution >= 4 is 84.6 Å². The van der Waals surface area contributed by atoms with Crippen LogP contribution in [0, 0.1) is 20.8 Å². The van der Waals surface area contributed by atoms with Gasteiger partial charge in [0.25, 0.3) is 0 Å². The van der Waals surface area contributed by atoms with Gasteiger partial charge >= 0.3 is 6.03 Å². The molecule has 5 N–H and O–H groups in total. The molecule has 0 saturated heterocycles. The lowest BCUT2D eigenvalue weighted by atomic mass is 10.1. The van der Waals surface area contributed by atoms with Crippen LogP contribution in [0.3, 0.4) is 0 Å². The predicted molar refractivity (Wildman–Crippen MR) is 286 cm³/mol. The first kappa shape index (κ1) is 51.3. The fourth-order valence-corrected chi connectivity index (χ4v) is 8.63. The smallest absolute Gasteiger partial charge is 0.315 e. The molecule has 8 aromatic rings. The Morgan fingerprint density at radius 3 is 1.81 bits per heavy atom. The maximum absolute atomic E-state index is 12.2. The molecule has 2 amide bonds. The monoisotopic (exact) mass is 1020 g/mol. The molecule has 374 valence electrons. The largest absolute Gasteiger partial charge is 0.455 e. The number of pyridine rings is 2. The maximum atomic E-state index is 12.2. The van der Waals surface area contributed by atoms with Gasteiger partial charge in [-0.1, -0.05) is 48.0 Å². The van der Waals surface area contributed by atoms with Crippen LogP contribution in [0.2, 0.25) is 5.02 Å². The summed E-state index contributed by atoms with van der Waals surface area (Å²) in [5.41, 5.74) is 7.33. The second-order valence-corrected chi connectivity index (χ2v) is 19.6. The molecule has 0 aliphatic heterocycles. The van der Waals surface area contributed by atoms with Crippen LogP contribution in [0.5, 0.6) is 23.0 Å². The molecule has 0 spiro atoms. The van der Waals surface area contributed by atoms with Crippen molar-refractivity contribution in [1.29, 1.82) is 0 Å². The summed E-state index contributed by atoms with van der Waals surface area (Å²) >= 11 is 6.48. The summed E-state index contributed by atoms with van der Waals surface area (Å²) in [6.07, 6.45) is 16.7. The molecule has 73 heavy (non-hydrogen) atoms. The highest BCUT2D eigenvalue weighted by Gasteiger charge is 2.42. The van der Waals surface area contributed by atoms with E-state index in [2.05, 4.69) is 55.9 Å². The molecule has 4 heterocycles. The number of nitrogens with zero attached hydrogens (tertiary/aromatic N) is 6. The van der Waals surface area contributed by atoms with Gasteiger partial charge in [-0.3, -0.25) is 9.97 Å². The standard InChI is InChI=1S/C28H29FN6O2.C26H24ClN5O3S/c1-18-14-22(8-11-26(18)37-23-9-5-19(2)31-16-23)35-27-24-15-21(7-10-25(24)32-17-33-27)6-4-20(3)34-28(36)30-13-12-29;1-17-3-6-20(15-28-17)35-24-8-5-19(14-22(24)27)31-25-21-13-18(4-7-23(21)29-16-30-25)9-10-26(11-12-26)32-36(2,33)34/h4-11,14-17,20H,12-13H2,1-3H3,(H2,30,34,36)(H,32,33,35);3-10,13-16,32H,11-12H2,1-2H3,(H,29,30,31)/b6-4+;10-9+. The Kier molecular flexibility index (Phi) is 16.2. The van der Waals surface area contributed by atoms with E-state index in [-0.39, 0.29) is 12.6 Å². The van der Waals surface area contributed by atoms with E-state index >= 15 is 0 Å². The Bertz CT molecular complexity index is 3430. The summed E-state index contributed by atoms with van der Waals surface area (Å²) in [5.74, 6) is 3.85. The Morgan fingerprint density at radius 2 is 1.29 bits per heavy atom. The van der Waals surface area contributed by atoms with E-state index in [9.17, 15) is 17.6 Å². The lowest BCUT2D eigenvalue weighted by Gasteiger charge is -2.13. The van der Waals surface area contributed by atoms with E-state index in [1.165, 1.54) is 18.9 Å². The average molecular weight is 1020 g/mol. The van der Waals surface area contributed by atoms with E-state index in [1.54, 1.807) is 24.5 Å². The molecular weight excluding hydrogens is 969 g/mol. The quantitative estimate of drug-likeness (QED) is 0.0576. The van der Waals surface area contributed by atoms with Crippen molar-refractivity contribution < 1.29 is 27.1 Å². The van der Waals surface area contributed by atoms with E-state index in [0.29, 0.717) is 33.9 Å². The lowest BCUT2D eigenvalue weighted by molar-refractivity contribution is 0.238. The first-order chi connectivity index (χ1) is 35.1. The summed E-state index contributed by atoms with van der Waals surface area (Å²) in [4.78, 5) is 37.8. The number of benzene rings is 4. The molecule has 19 heteroatoms. The number of carbonyl (C=O) groups is 1. The van der Waals surface area contributed by atoms with E-state index in [4.69, 9.17) is 21.1 Å². The van der Waals surface area contributed by atoms with Crippen molar-refractivity contribution in [2.45, 2.75) is 52.1 Å². The summed E-state index contributed by atoms with van der Waals surface area (Å²) < 4.78 is 50.0. The van der Waals surface area contributed by atoms with Gasteiger partial charge in [-0.25, -0.2) is 42.3 Å². The number of carbonyl (C=O) groups excluding carboxylic acids is 1. The fourth-order valence-electron chi connectivity index (χ4n) is 7.40. The van der Waals surface area contributed by atoms with Crippen LogP contribution in [0.4, 0.5) is 32.2 Å². The zero-order valence-electron chi connectivity index (χ0n) is 40.7. The number of halogens is 2. The normalized spacial score (nSPS) is 13.3. The van der Waals surface area contributed by atoms with Gasteiger partial charge in [0.15, 0.2) is 0 Å². The van der Waals surface area contributed by atoms with Crippen LogP contribution in [0.15, 0.2) is 134 Å². The third kappa shape index (κ3) is 14.5. The van der Waals surface area contributed by atoms with Crippen LogP contribution in [0.1, 0.15) is 47.8 Å². The first-order valence-corrected chi connectivity index (χ1v) is 25.5. The SMILES string of the molecule is Cc1ccc(Oc2ccc(Nc3ncnc4ccc(/C=C/C(C)NC(=O)NCCF)cc34)cc2C)cn1.Cc1ccc(Oc2ccc(Nc3ncnc4ccc(/C=C/C5(NS(C)(=O)=O)CC5)cc34)cc2Cl)cn1. The number of amides is 2. The summed E-state index contributed by atoms with van der Waals surface area (Å²) in [6.45, 7) is 7.05. The van der Waals surface area contributed by atoms with Crippen molar-refractivity contribution in [1.82, 2.24) is 45.3 Å². The average Bonchev–Trinajstić information content (AvgIpc) is 4.13. The number of rotatable bonds is 17. The number of sulfonamides is 1. The second kappa shape index (κ2) is 23.0. The second-order valence-electron chi connectivity index (χ2n) is 17.4. The molecule has 9 rings (SSSR count). The summed E-state index contributed by atoms with van der Waals surface area (Å²) in [7, 11) is -3.28. The van der Waals surface area contributed by atoms with Crippen LogP contribution >= 0.6 is 11.6 Å². The minimum absolute atomic E-state index is 0.0117. The number of urea groups is 1. The molecule has 1 aliphatic carbocycles. The Morgan fingerprint density at radius 1 is 0.726 bits per heavy atom. The zero-order valence-corrected chi connectivity index (χ0v) is 42.2. The van der Waals surface area contributed by atoms with Crippen LogP contribution in [0.25, 0.3) is 34.0 Å². The van der Waals surface area contributed by atoms with Crippen molar-refractivity contribution in [3.8, 4) is 23.0 Å². The summed E-state index contributed by atoms with van der Waals surface area (Å²) in [5, 5.41) is 14.0. The van der Waals surface area contributed by atoms with Gasteiger partial charge in [0.1, 0.15) is 54.0 Å². The van der Waals surface area contributed by atoms with Crippen molar-refractivity contribution in [2.24, 2.45) is 0 Å².